The van der Waals surface area contributed by atoms with Crippen LogP contribution in [0, 0.1) is 0 Å². The standard InChI is InChI=1S/C15H14ClN3OS/c1-19(7-10-4-5-21-9-10)8-14-17-13-6-11(16)2-3-12(13)15(20)18-14/h2-6,9H,7-8H2,1H3,(H,17,18,20)/p+1. The molecule has 0 bridgehead atoms. The fourth-order valence-electron chi connectivity index (χ4n) is 2.33. The van der Waals surface area contributed by atoms with Gasteiger partial charge in [-0.3, -0.25) is 4.79 Å². The number of nitrogens with one attached hydrogen (secondary N) is 2. The van der Waals surface area contributed by atoms with Crippen LogP contribution in [0.2, 0.25) is 5.02 Å². The lowest BCUT2D eigenvalue weighted by atomic mass is 10.2. The number of fused-ring (bicyclic) bond motifs is 1. The van der Waals surface area contributed by atoms with Crippen molar-refractivity contribution < 1.29 is 4.90 Å². The maximum atomic E-state index is 12.1. The van der Waals surface area contributed by atoms with E-state index in [1.807, 2.05) is 0 Å². The van der Waals surface area contributed by atoms with Gasteiger partial charge in [0.05, 0.1) is 18.0 Å². The molecule has 1 unspecified atom stereocenters. The number of H-pyrrole nitrogens is 1. The van der Waals surface area contributed by atoms with E-state index in [4.69, 9.17) is 11.6 Å². The lowest BCUT2D eigenvalue weighted by Crippen LogP contribution is -3.06. The highest BCUT2D eigenvalue weighted by atomic mass is 35.5. The number of halogens is 1. The molecule has 0 radical (unpaired) electrons. The van der Waals surface area contributed by atoms with Gasteiger partial charge in [-0.2, -0.15) is 11.3 Å². The maximum absolute atomic E-state index is 12.1. The summed E-state index contributed by atoms with van der Waals surface area (Å²) in [5, 5.41) is 5.37. The third-order valence-electron chi connectivity index (χ3n) is 3.27. The van der Waals surface area contributed by atoms with E-state index in [2.05, 4.69) is 33.8 Å². The van der Waals surface area contributed by atoms with Gasteiger partial charge in [0.15, 0.2) is 5.82 Å². The van der Waals surface area contributed by atoms with Crippen LogP contribution in [0.1, 0.15) is 11.4 Å². The van der Waals surface area contributed by atoms with Gasteiger partial charge in [0.2, 0.25) is 0 Å². The zero-order valence-electron chi connectivity index (χ0n) is 11.5. The second-order valence-corrected chi connectivity index (χ2v) is 6.33. The van der Waals surface area contributed by atoms with Gasteiger partial charge in [0.1, 0.15) is 13.1 Å². The summed E-state index contributed by atoms with van der Waals surface area (Å²) in [5.74, 6) is 0.683. The zero-order valence-corrected chi connectivity index (χ0v) is 13.1. The average molecular weight is 321 g/mol. The van der Waals surface area contributed by atoms with Crippen LogP contribution in [0.3, 0.4) is 0 Å². The fourth-order valence-corrected chi connectivity index (χ4v) is 3.17. The molecule has 0 saturated heterocycles. The number of thiophene rings is 1. The highest BCUT2D eigenvalue weighted by molar-refractivity contribution is 7.07. The van der Waals surface area contributed by atoms with E-state index in [9.17, 15) is 4.79 Å². The van der Waals surface area contributed by atoms with Gasteiger partial charge < -0.3 is 9.88 Å². The molecule has 4 nitrogen and oxygen atoms in total. The summed E-state index contributed by atoms with van der Waals surface area (Å²) in [4.78, 5) is 20.7. The van der Waals surface area contributed by atoms with Crippen LogP contribution in [0.5, 0.6) is 0 Å². The number of aromatic amines is 1. The summed E-state index contributed by atoms with van der Waals surface area (Å²) >= 11 is 7.66. The smallest absolute Gasteiger partial charge is 0.258 e. The SMILES string of the molecule is C[NH+](Cc1ccsc1)Cc1nc2cc(Cl)ccc2c(=O)[nH]1. The summed E-state index contributed by atoms with van der Waals surface area (Å²) in [7, 11) is 2.08. The van der Waals surface area contributed by atoms with Crippen molar-refractivity contribution in [2.45, 2.75) is 13.1 Å². The topological polar surface area (TPSA) is 50.2 Å². The van der Waals surface area contributed by atoms with Crippen molar-refractivity contribution in [2.24, 2.45) is 0 Å². The molecule has 3 rings (SSSR count). The highest BCUT2D eigenvalue weighted by Gasteiger charge is 2.10. The lowest BCUT2D eigenvalue weighted by Gasteiger charge is -2.12. The number of hydrogen-bond acceptors (Lipinski definition) is 3. The van der Waals surface area contributed by atoms with E-state index in [1.165, 1.54) is 10.5 Å². The molecule has 108 valence electrons. The Morgan fingerprint density at radius 3 is 2.95 bits per heavy atom. The monoisotopic (exact) mass is 320 g/mol. The molecule has 0 aliphatic rings. The van der Waals surface area contributed by atoms with E-state index >= 15 is 0 Å². The van der Waals surface area contributed by atoms with Crippen molar-refractivity contribution in [2.75, 3.05) is 7.05 Å². The minimum absolute atomic E-state index is 0.116. The molecule has 0 spiro atoms. The first-order valence-electron chi connectivity index (χ1n) is 6.62. The van der Waals surface area contributed by atoms with Crippen LogP contribution in [0.4, 0.5) is 0 Å². The summed E-state index contributed by atoms with van der Waals surface area (Å²) < 4.78 is 0. The van der Waals surface area contributed by atoms with Crippen LogP contribution >= 0.6 is 22.9 Å². The molecular weight excluding hydrogens is 306 g/mol. The molecule has 2 heterocycles. The number of nitrogens with zero attached hydrogens (tertiary/aromatic N) is 1. The minimum atomic E-state index is -0.116. The third kappa shape index (κ3) is 3.32. The molecule has 1 atom stereocenters. The van der Waals surface area contributed by atoms with Crippen molar-refractivity contribution in [3.63, 3.8) is 0 Å². The molecule has 0 aliphatic heterocycles. The second kappa shape index (κ2) is 5.97. The predicted octanol–water partition coefficient (Wildman–Crippen LogP) is 1.85. The van der Waals surface area contributed by atoms with Crippen LogP contribution < -0.4 is 10.5 Å². The van der Waals surface area contributed by atoms with Crippen molar-refractivity contribution in [1.82, 2.24) is 9.97 Å². The summed E-state index contributed by atoms with van der Waals surface area (Å²) in [6.45, 7) is 1.56. The Hall–Kier alpha value is -1.69. The molecule has 0 amide bonds. The van der Waals surface area contributed by atoms with Crippen molar-refractivity contribution in [3.05, 3.63) is 61.8 Å². The van der Waals surface area contributed by atoms with Crippen LogP contribution in [-0.2, 0) is 13.1 Å². The largest absolute Gasteiger partial charge is 0.327 e. The van der Waals surface area contributed by atoms with Gasteiger partial charge in [-0.25, -0.2) is 4.98 Å². The third-order valence-corrected chi connectivity index (χ3v) is 4.24. The summed E-state index contributed by atoms with van der Waals surface area (Å²) in [6, 6.07) is 7.25. The van der Waals surface area contributed by atoms with E-state index in [0.29, 0.717) is 28.3 Å². The minimum Gasteiger partial charge on any atom is -0.327 e. The van der Waals surface area contributed by atoms with Gasteiger partial charge in [-0.05, 0) is 35.0 Å². The first kappa shape index (κ1) is 14.3. The number of benzene rings is 1. The van der Waals surface area contributed by atoms with Gasteiger partial charge in [0, 0.05) is 10.6 Å². The van der Waals surface area contributed by atoms with Crippen LogP contribution in [0.15, 0.2) is 39.8 Å². The molecule has 0 aliphatic carbocycles. The Morgan fingerprint density at radius 2 is 2.19 bits per heavy atom. The van der Waals surface area contributed by atoms with Crippen LogP contribution in [-0.4, -0.2) is 17.0 Å². The predicted molar refractivity (Wildman–Crippen MR) is 86.0 cm³/mol. The normalized spacial score (nSPS) is 12.7. The van der Waals surface area contributed by atoms with E-state index in [1.54, 1.807) is 29.5 Å². The van der Waals surface area contributed by atoms with Gasteiger partial charge >= 0.3 is 0 Å². The number of hydrogen-bond donors (Lipinski definition) is 2. The first-order valence-corrected chi connectivity index (χ1v) is 7.95. The van der Waals surface area contributed by atoms with Crippen molar-refractivity contribution in [1.29, 1.82) is 0 Å². The fraction of sp³-hybridized carbons (Fsp3) is 0.200. The number of quaternary nitrogens is 1. The Bertz CT molecular complexity index is 813. The van der Waals surface area contributed by atoms with E-state index in [0.717, 1.165) is 6.54 Å². The van der Waals surface area contributed by atoms with Gasteiger partial charge in [-0.15, -0.1) is 0 Å². The van der Waals surface area contributed by atoms with Crippen molar-refractivity contribution in [3.8, 4) is 0 Å². The molecule has 2 aromatic heterocycles. The summed E-state index contributed by atoms with van der Waals surface area (Å²) in [5.41, 5.74) is 1.82. The Balaban J connectivity index is 1.85. The molecular formula is C15H15ClN3OS+. The molecule has 0 fully saturated rings. The average Bonchev–Trinajstić information content (AvgIpc) is 2.90. The lowest BCUT2D eigenvalue weighted by molar-refractivity contribution is -0.908. The highest BCUT2D eigenvalue weighted by Crippen LogP contribution is 2.14. The second-order valence-electron chi connectivity index (χ2n) is 5.12. The molecule has 2 N–H and O–H groups in total. The molecule has 21 heavy (non-hydrogen) atoms. The quantitative estimate of drug-likeness (QED) is 0.771. The van der Waals surface area contributed by atoms with E-state index < -0.39 is 0 Å². The Kier molecular flexibility index (Phi) is 4.05. The first-order chi connectivity index (χ1) is 10.1. The number of aromatic nitrogens is 2. The Morgan fingerprint density at radius 1 is 1.33 bits per heavy atom. The van der Waals surface area contributed by atoms with Gasteiger partial charge in [-0.1, -0.05) is 11.6 Å². The Labute approximate surface area is 131 Å². The van der Waals surface area contributed by atoms with Crippen LogP contribution in [0.25, 0.3) is 10.9 Å². The molecule has 0 saturated carbocycles. The maximum Gasteiger partial charge on any atom is 0.258 e. The molecule has 3 aromatic rings. The number of rotatable bonds is 4. The summed E-state index contributed by atoms with van der Waals surface area (Å²) in [6.07, 6.45) is 0. The zero-order chi connectivity index (χ0) is 14.8. The molecule has 6 heteroatoms. The van der Waals surface area contributed by atoms with Crippen molar-refractivity contribution >= 4 is 33.8 Å². The van der Waals surface area contributed by atoms with E-state index in [-0.39, 0.29) is 5.56 Å². The molecule has 1 aromatic carbocycles. The van der Waals surface area contributed by atoms with Gasteiger partial charge in [0.25, 0.3) is 5.56 Å².